The Kier molecular flexibility index (Phi) is 4.56. The zero-order chi connectivity index (χ0) is 20.5. The molecule has 2 heterocycles. The zero-order valence-electron chi connectivity index (χ0n) is 17.0. The van der Waals surface area contributed by atoms with Crippen LogP contribution in [0, 0.1) is 0 Å². The van der Waals surface area contributed by atoms with E-state index in [1.54, 1.807) is 0 Å². The van der Waals surface area contributed by atoms with E-state index < -0.39 is 0 Å². The summed E-state index contributed by atoms with van der Waals surface area (Å²) in [5.41, 5.74) is 6.39. The van der Waals surface area contributed by atoms with Gasteiger partial charge in [-0.05, 0) is 42.0 Å². The van der Waals surface area contributed by atoms with E-state index in [0.29, 0.717) is 6.61 Å². The minimum Gasteiger partial charge on any atom is -0.486 e. The van der Waals surface area contributed by atoms with Gasteiger partial charge in [0.2, 0.25) is 0 Å². The van der Waals surface area contributed by atoms with Crippen LogP contribution in [0.2, 0.25) is 0 Å². The predicted octanol–water partition coefficient (Wildman–Crippen LogP) is 5.22. The maximum absolute atomic E-state index is 6.00. The molecule has 0 saturated carbocycles. The fraction of sp³-hybridized carbons (Fsp3) is 0.120. The van der Waals surface area contributed by atoms with E-state index in [-0.39, 0.29) is 0 Å². The number of nitrogens with zero attached hydrogens (tertiary/aromatic N) is 4. The van der Waals surface area contributed by atoms with E-state index in [2.05, 4.69) is 51.2 Å². The largest absolute Gasteiger partial charge is 0.486 e. The molecule has 0 amide bonds. The van der Waals surface area contributed by atoms with Gasteiger partial charge in [0.1, 0.15) is 23.9 Å². The van der Waals surface area contributed by atoms with Crippen molar-refractivity contribution in [3.05, 3.63) is 90.9 Å². The van der Waals surface area contributed by atoms with Gasteiger partial charge >= 0.3 is 0 Å². The lowest BCUT2D eigenvalue weighted by Gasteiger charge is -2.08. The summed E-state index contributed by atoms with van der Waals surface area (Å²) < 4.78 is 9.93. The summed E-state index contributed by atoms with van der Waals surface area (Å²) in [6, 6.07) is 26.5. The molecule has 3 aromatic carbocycles. The number of imidazole rings is 1. The normalized spacial score (nSPS) is 11.1. The second kappa shape index (κ2) is 7.52. The molecule has 0 atom stereocenters. The molecule has 5 nitrogen and oxygen atoms in total. The fourth-order valence-corrected chi connectivity index (χ4v) is 3.71. The standard InChI is InChI=1S/C25H22N4O/c1-28-16-21(18-8-4-3-5-9-18)25(27-28)19-12-14-20(15-13-19)30-17-24-26-22-10-6-7-11-23(22)29(24)2/h3-16H,17H2,1-2H3. The number of ether oxygens (including phenoxy) is 1. The number of aromatic nitrogens is 4. The Bertz CT molecular complexity index is 1300. The third-order valence-electron chi connectivity index (χ3n) is 5.29. The van der Waals surface area contributed by atoms with Crippen LogP contribution in [0.1, 0.15) is 5.82 Å². The Hall–Kier alpha value is -3.86. The van der Waals surface area contributed by atoms with Gasteiger partial charge in [-0.3, -0.25) is 4.68 Å². The number of benzene rings is 3. The Morgan fingerprint density at radius 1 is 0.800 bits per heavy atom. The summed E-state index contributed by atoms with van der Waals surface area (Å²) in [5.74, 6) is 1.71. The van der Waals surface area contributed by atoms with Gasteiger partial charge < -0.3 is 9.30 Å². The lowest BCUT2D eigenvalue weighted by atomic mass is 10.0. The molecule has 0 aliphatic heterocycles. The predicted molar refractivity (Wildman–Crippen MR) is 119 cm³/mol. The Balaban J connectivity index is 1.37. The molecule has 5 aromatic rings. The first-order valence-corrected chi connectivity index (χ1v) is 9.92. The average Bonchev–Trinajstić information content (AvgIpc) is 3.33. The molecule has 0 saturated heterocycles. The highest BCUT2D eigenvalue weighted by atomic mass is 16.5. The number of rotatable bonds is 5. The molecule has 0 aliphatic carbocycles. The third kappa shape index (κ3) is 3.35. The number of para-hydroxylation sites is 2. The fourth-order valence-electron chi connectivity index (χ4n) is 3.71. The summed E-state index contributed by atoms with van der Waals surface area (Å²) >= 11 is 0. The second-order valence-electron chi connectivity index (χ2n) is 7.32. The van der Waals surface area contributed by atoms with Gasteiger partial charge in [0.05, 0.1) is 11.0 Å². The highest BCUT2D eigenvalue weighted by Crippen LogP contribution is 2.31. The van der Waals surface area contributed by atoms with Crippen molar-refractivity contribution in [3.63, 3.8) is 0 Å². The van der Waals surface area contributed by atoms with Crippen LogP contribution in [0.25, 0.3) is 33.4 Å². The average molecular weight is 394 g/mol. The van der Waals surface area contributed by atoms with Crippen LogP contribution in [-0.2, 0) is 20.7 Å². The first-order chi connectivity index (χ1) is 14.7. The van der Waals surface area contributed by atoms with E-state index in [9.17, 15) is 0 Å². The number of hydrogen-bond acceptors (Lipinski definition) is 3. The molecule has 0 aliphatic rings. The van der Waals surface area contributed by atoms with Crippen LogP contribution in [0.3, 0.4) is 0 Å². The van der Waals surface area contributed by atoms with Crippen LogP contribution in [0.4, 0.5) is 0 Å². The van der Waals surface area contributed by atoms with Crippen LogP contribution < -0.4 is 4.74 Å². The van der Waals surface area contributed by atoms with Gasteiger partial charge in [-0.15, -0.1) is 0 Å². The topological polar surface area (TPSA) is 44.9 Å². The molecule has 0 unspecified atom stereocenters. The van der Waals surface area contributed by atoms with E-state index in [1.165, 1.54) is 0 Å². The first kappa shape index (κ1) is 18.2. The molecule has 0 fully saturated rings. The minimum absolute atomic E-state index is 0.420. The van der Waals surface area contributed by atoms with Crippen LogP contribution in [0.15, 0.2) is 85.1 Å². The second-order valence-corrected chi connectivity index (χ2v) is 7.32. The highest BCUT2D eigenvalue weighted by Gasteiger charge is 2.12. The Labute approximate surface area is 175 Å². The molecule has 0 bridgehead atoms. The lowest BCUT2D eigenvalue weighted by Crippen LogP contribution is -2.03. The molecule has 0 spiro atoms. The zero-order valence-corrected chi connectivity index (χ0v) is 17.0. The molecule has 5 rings (SSSR count). The molecule has 0 N–H and O–H groups in total. The van der Waals surface area contributed by atoms with Crippen molar-refractivity contribution >= 4 is 11.0 Å². The third-order valence-corrected chi connectivity index (χ3v) is 5.29. The number of hydrogen-bond donors (Lipinski definition) is 0. The summed E-state index contributed by atoms with van der Waals surface area (Å²) in [4.78, 5) is 4.67. The highest BCUT2D eigenvalue weighted by molar-refractivity contribution is 5.80. The van der Waals surface area contributed by atoms with Gasteiger partial charge in [-0.25, -0.2) is 4.98 Å². The number of fused-ring (bicyclic) bond motifs is 1. The van der Waals surface area contributed by atoms with Gasteiger partial charge in [-0.2, -0.15) is 5.10 Å². The summed E-state index contributed by atoms with van der Waals surface area (Å²) in [7, 11) is 3.97. The van der Waals surface area contributed by atoms with E-state index in [4.69, 9.17) is 4.74 Å². The summed E-state index contributed by atoms with van der Waals surface area (Å²) in [6.07, 6.45) is 2.06. The van der Waals surface area contributed by atoms with Crippen molar-refractivity contribution in [1.82, 2.24) is 19.3 Å². The minimum atomic E-state index is 0.420. The van der Waals surface area contributed by atoms with Gasteiger partial charge in [0, 0.05) is 31.4 Å². The summed E-state index contributed by atoms with van der Waals surface area (Å²) in [6.45, 7) is 0.420. The van der Waals surface area contributed by atoms with Crippen LogP contribution in [0.5, 0.6) is 5.75 Å². The van der Waals surface area contributed by atoms with Crippen molar-refractivity contribution in [2.45, 2.75) is 6.61 Å². The van der Waals surface area contributed by atoms with Gasteiger partial charge in [0.25, 0.3) is 0 Å². The molecule has 30 heavy (non-hydrogen) atoms. The van der Waals surface area contributed by atoms with E-state index in [0.717, 1.165) is 45.0 Å². The molecule has 0 radical (unpaired) electrons. The SMILES string of the molecule is Cn1cc(-c2ccccc2)c(-c2ccc(OCc3nc4ccccc4n3C)cc2)n1. The van der Waals surface area contributed by atoms with Crippen LogP contribution in [-0.4, -0.2) is 19.3 Å². The molecular weight excluding hydrogens is 372 g/mol. The monoisotopic (exact) mass is 394 g/mol. The maximum atomic E-state index is 6.00. The quantitative estimate of drug-likeness (QED) is 0.411. The molecule has 5 heteroatoms. The van der Waals surface area contributed by atoms with E-state index in [1.807, 2.05) is 67.3 Å². The molecule has 2 aromatic heterocycles. The van der Waals surface area contributed by atoms with Gasteiger partial charge in [0.15, 0.2) is 0 Å². The summed E-state index contributed by atoms with van der Waals surface area (Å²) in [5, 5.41) is 4.68. The maximum Gasteiger partial charge on any atom is 0.147 e. The van der Waals surface area contributed by atoms with Crippen molar-refractivity contribution in [2.24, 2.45) is 14.1 Å². The lowest BCUT2D eigenvalue weighted by molar-refractivity contribution is 0.292. The van der Waals surface area contributed by atoms with Crippen molar-refractivity contribution in [2.75, 3.05) is 0 Å². The molecule has 148 valence electrons. The Morgan fingerprint density at radius 2 is 1.53 bits per heavy atom. The van der Waals surface area contributed by atoms with Gasteiger partial charge in [-0.1, -0.05) is 42.5 Å². The first-order valence-electron chi connectivity index (χ1n) is 9.92. The van der Waals surface area contributed by atoms with Crippen molar-refractivity contribution < 1.29 is 4.74 Å². The van der Waals surface area contributed by atoms with Crippen molar-refractivity contribution in [1.29, 1.82) is 0 Å². The smallest absolute Gasteiger partial charge is 0.147 e. The molecular formula is C25H22N4O. The Morgan fingerprint density at radius 3 is 2.30 bits per heavy atom. The van der Waals surface area contributed by atoms with Crippen LogP contribution >= 0.6 is 0 Å². The van der Waals surface area contributed by atoms with E-state index >= 15 is 0 Å². The van der Waals surface area contributed by atoms with Crippen molar-refractivity contribution in [3.8, 4) is 28.1 Å². The number of aryl methyl sites for hydroxylation is 2.